The van der Waals surface area contributed by atoms with E-state index < -0.39 is 0 Å². The van der Waals surface area contributed by atoms with E-state index in [4.69, 9.17) is 4.84 Å². The fourth-order valence-corrected chi connectivity index (χ4v) is 3.21. The van der Waals surface area contributed by atoms with Crippen molar-refractivity contribution in [3.8, 4) is 0 Å². The molecule has 0 amide bonds. The first-order chi connectivity index (χ1) is 12.0. The maximum atomic E-state index is 12.3. The van der Waals surface area contributed by atoms with Gasteiger partial charge in [-0.15, -0.1) is 0 Å². The van der Waals surface area contributed by atoms with Crippen LogP contribution in [-0.2, 0) is 9.63 Å². The molecule has 0 aliphatic carbocycles. The number of nitrogens with zero attached hydrogens (tertiary/aromatic N) is 1. The lowest BCUT2D eigenvalue weighted by molar-refractivity contribution is -1.09. The molecule has 0 spiro atoms. The zero-order chi connectivity index (χ0) is 19.0. The Hall–Kier alpha value is -0.830. The number of hydrogen-bond donors (Lipinski definition) is 0. The first-order valence-electron chi connectivity index (χ1n) is 10.8. The lowest BCUT2D eigenvalue weighted by Gasteiger charge is -2.28. The van der Waals surface area contributed by atoms with Crippen molar-refractivity contribution in [2.75, 3.05) is 19.6 Å². The minimum absolute atomic E-state index is 0.221. The molecule has 0 aliphatic rings. The van der Waals surface area contributed by atoms with Gasteiger partial charge in [-0.05, 0) is 26.2 Å². The van der Waals surface area contributed by atoms with Crippen LogP contribution >= 0.6 is 0 Å². The molecule has 3 nitrogen and oxygen atoms in total. The van der Waals surface area contributed by atoms with E-state index in [1.54, 1.807) is 6.92 Å². The van der Waals surface area contributed by atoms with Crippen LogP contribution in [0.5, 0.6) is 0 Å². The lowest BCUT2D eigenvalue weighted by atomic mass is 10.1. The average molecular weight is 355 g/mol. The Bertz CT molecular complexity index is 321. The summed E-state index contributed by atoms with van der Waals surface area (Å²) in [7, 11) is 0. The average Bonchev–Trinajstić information content (AvgIpc) is 2.59. The Morgan fingerprint density at radius 1 is 0.720 bits per heavy atom. The van der Waals surface area contributed by atoms with E-state index in [1.807, 2.05) is 0 Å². The largest absolute Gasteiger partial charge is 0.665 e. The summed E-state index contributed by atoms with van der Waals surface area (Å²) in [5.41, 5.74) is 0.512. The third kappa shape index (κ3) is 12.2. The monoisotopic (exact) mass is 354 g/mol. The minimum Gasteiger partial charge on any atom is -0.0823 e. The summed E-state index contributed by atoms with van der Waals surface area (Å²) < 4.78 is 0.517. The van der Waals surface area contributed by atoms with Crippen LogP contribution in [-0.4, -0.2) is 30.2 Å². The maximum absolute atomic E-state index is 12.3. The zero-order valence-corrected chi connectivity index (χ0v) is 17.6. The van der Waals surface area contributed by atoms with E-state index in [9.17, 15) is 4.79 Å². The minimum atomic E-state index is -0.221. The molecule has 3 heteroatoms. The van der Waals surface area contributed by atoms with Gasteiger partial charge in [0.15, 0.2) is 0 Å². The second kappa shape index (κ2) is 15.4. The molecule has 0 aromatic carbocycles. The van der Waals surface area contributed by atoms with Gasteiger partial charge >= 0.3 is 5.97 Å². The molecule has 0 fully saturated rings. The van der Waals surface area contributed by atoms with Gasteiger partial charge in [0.05, 0.1) is 4.79 Å². The van der Waals surface area contributed by atoms with Gasteiger partial charge < -0.3 is 0 Å². The van der Waals surface area contributed by atoms with Gasteiger partial charge in [0.2, 0.25) is 0 Å². The van der Waals surface area contributed by atoms with Gasteiger partial charge in [0.25, 0.3) is 0 Å². The van der Waals surface area contributed by atoms with Crippen molar-refractivity contribution in [2.45, 2.75) is 105 Å². The number of rotatable bonds is 17. The molecular weight excluding hydrogens is 310 g/mol. The number of unbranched alkanes of at least 4 members (excludes halogenated alkanes) is 9. The second-order valence-corrected chi connectivity index (χ2v) is 7.57. The van der Waals surface area contributed by atoms with Crippen molar-refractivity contribution in [3.63, 3.8) is 0 Å². The van der Waals surface area contributed by atoms with Gasteiger partial charge in [0, 0.05) is 19.3 Å². The molecule has 0 atom stereocenters. The van der Waals surface area contributed by atoms with E-state index in [1.165, 1.54) is 57.8 Å². The molecule has 0 heterocycles. The highest BCUT2D eigenvalue weighted by molar-refractivity contribution is 5.86. The van der Waals surface area contributed by atoms with Crippen molar-refractivity contribution in [3.05, 3.63) is 12.2 Å². The molecule has 1 radical (unpaired) electrons. The predicted molar refractivity (Wildman–Crippen MR) is 108 cm³/mol. The summed E-state index contributed by atoms with van der Waals surface area (Å²) in [4.78, 5) is 18.3. The summed E-state index contributed by atoms with van der Waals surface area (Å²) in [6.45, 7) is 15.1. The van der Waals surface area contributed by atoms with Crippen LogP contribution in [0.15, 0.2) is 12.2 Å². The summed E-state index contributed by atoms with van der Waals surface area (Å²) in [5.74, 6) is -0.221. The smallest absolute Gasteiger partial charge is 0.0823 e. The van der Waals surface area contributed by atoms with Crippen LogP contribution in [0.3, 0.4) is 0 Å². The molecule has 0 N–H and O–H groups in total. The fraction of sp³-hybridized carbons (Fsp3) is 0.864. The Kier molecular flexibility index (Phi) is 14.9. The molecule has 0 aromatic heterocycles. The van der Waals surface area contributed by atoms with E-state index in [0.29, 0.717) is 10.2 Å². The van der Waals surface area contributed by atoms with Crippen LogP contribution in [0.2, 0.25) is 0 Å². The van der Waals surface area contributed by atoms with Gasteiger partial charge in [0.1, 0.15) is 25.2 Å². The SMILES string of the molecule is C=C(C)C(=[O+])O[N+](CCCCCC)(CCCCCC)CCCCCC. The van der Waals surface area contributed by atoms with Crippen LogP contribution in [0, 0.1) is 0 Å². The first kappa shape index (κ1) is 24.2. The van der Waals surface area contributed by atoms with E-state index >= 15 is 0 Å². The van der Waals surface area contributed by atoms with Crippen LogP contribution in [0.4, 0.5) is 0 Å². The Labute approximate surface area is 157 Å². The van der Waals surface area contributed by atoms with E-state index in [0.717, 1.165) is 38.9 Å². The van der Waals surface area contributed by atoms with Gasteiger partial charge in [-0.3, -0.25) is 0 Å². The van der Waals surface area contributed by atoms with E-state index in [2.05, 4.69) is 27.4 Å². The number of carbonyl (C=O) groups excluding carboxylic acids is 1. The molecule has 25 heavy (non-hydrogen) atoms. The molecule has 0 aliphatic heterocycles. The molecule has 0 saturated carbocycles. The van der Waals surface area contributed by atoms with Crippen LogP contribution in [0.25, 0.3) is 0 Å². The second-order valence-electron chi connectivity index (χ2n) is 7.57. The zero-order valence-electron chi connectivity index (χ0n) is 17.6. The summed E-state index contributed by atoms with van der Waals surface area (Å²) in [6.07, 6.45) is 14.6. The first-order valence-corrected chi connectivity index (χ1v) is 10.8. The molecule has 0 bridgehead atoms. The Balaban J connectivity index is 4.92. The number of carbonyl (C=O) groups is 1. The highest BCUT2D eigenvalue weighted by Crippen LogP contribution is 2.19. The molecular formula is C22H44NO2+2. The Morgan fingerprint density at radius 3 is 1.36 bits per heavy atom. The third-order valence-electron chi connectivity index (χ3n) is 4.88. The maximum Gasteiger partial charge on any atom is 0.665 e. The van der Waals surface area contributed by atoms with Crippen molar-refractivity contribution >= 4 is 5.97 Å². The molecule has 0 unspecified atom stereocenters. The van der Waals surface area contributed by atoms with Crippen LogP contribution in [0.1, 0.15) is 105 Å². The third-order valence-corrected chi connectivity index (χ3v) is 4.88. The summed E-state index contributed by atoms with van der Waals surface area (Å²) >= 11 is 0. The highest BCUT2D eigenvalue weighted by Gasteiger charge is 2.41. The number of quaternary nitrogens is 1. The van der Waals surface area contributed by atoms with Crippen molar-refractivity contribution in [1.82, 2.24) is 0 Å². The van der Waals surface area contributed by atoms with Crippen LogP contribution < -0.4 is 0 Å². The summed E-state index contributed by atoms with van der Waals surface area (Å²) in [6, 6.07) is 0. The quantitative estimate of drug-likeness (QED) is 0.0970. The fourth-order valence-electron chi connectivity index (χ4n) is 3.21. The molecule has 147 valence electrons. The molecule has 0 aromatic rings. The van der Waals surface area contributed by atoms with Gasteiger partial charge in [-0.2, -0.15) is 0 Å². The molecule has 0 saturated heterocycles. The van der Waals surface area contributed by atoms with Crippen molar-refractivity contribution in [1.29, 1.82) is 0 Å². The predicted octanol–water partition coefficient (Wildman–Crippen LogP) is 6.58. The van der Waals surface area contributed by atoms with Crippen molar-refractivity contribution < 1.29 is 14.3 Å². The Morgan fingerprint density at radius 2 is 1.08 bits per heavy atom. The lowest BCUT2D eigenvalue weighted by Crippen LogP contribution is -2.51. The standard InChI is InChI=1S/C22H44NO2/c1-6-9-12-15-18-23(19-16-13-10-7-2,20-17-14-11-8-3)25-22(24)21(4)5/h4,6-20H2,1-3,5H3/q+2. The van der Waals surface area contributed by atoms with Gasteiger partial charge in [-0.1, -0.05) is 75.4 Å². The normalized spacial score (nSPS) is 11.5. The number of hydroxylamine groups is 3. The topological polar surface area (TPSA) is 29.1 Å². The summed E-state index contributed by atoms with van der Waals surface area (Å²) in [5, 5.41) is 0. The highest BCUT2D eigenvalue weighted by atomic mass is 16.7. The number of hydrogen-bond acceptors (Lipinski definition) is 2. The van der Waals surface area contributed by atoms with Gasteiger partial charge in [-0.25, -0.2) is 0 Å². The van der Waals surface area contributed by atoms with E-state index in [-0.39, 0.29) is 5.97 Å². The van der Waals surface area contributed by atoms with Crippen molar-refractivity contribution in [2.24, 2.45) is 0 Å². The molecule has 0 rings (SSSR count).